The van der Waals surface area contributed by atoms with E-state index in [2.05, 4.69) is 26.6 Å². The number of anilines is 1. The zero-order valence-corrected chi connectivity index (χ0v) is 16.3. The van der Waals surface area contributed by atoms with Gasteiger partial charge in [-0.05, 0) is 50.0 Å². The Labute approximate surface area is 160 Å². The van der Waals surface area contributed by atoms with Crippen LogP contribution in [0.1, 0.15) is 15.9 Å². The summed E-state index contributed by atoms with van der Waals surface area (Å²) in [5, 5.41) is 6.05. The first-order valence-corrected chi connectivity index (χ1v) is 8.79. The molecular weight excluding hydrogens is 406 g/mol. The number of hydrogen-bond acceptors (Lipinski definition) is 3. The zero-order chi connectivity index (χ0) is 18.4. The summed E-state index contributed by atoms with van der Waals surface area (Å²) < 4.78 is 0.785. The van der Waals surface area contributed by atoms with Crippen molar-refractivity contribution in [2.45, 2.75) is 6.54 Å². The minimum Gasteiger partial charge on any atom is -0.348 e. The van der Waals surface area contributed by atoms with Crippen molar-refractivity contribution in [3.8, 4) is 0 Å². The van der Waals surface area contributed by atoms with Crippen LogP contribution in [0, 0.1) is 0 Å². The second-order valence-corrected chi connectivity index (χ2v) is 7.12. The van der Waals surface area contributed by atoms with Crippen molar-refractivity contribution in [1.29, 1.82) is 0 Å². The Bertz CT molecular complexity index is 781. The summed E-state index contributed by atoms with van der Waals surface area (Å²) in [6.45, 7) is 0.640. The van der Waals surface area contributed by atoms with Crippen LogP contribution in [0.4, 0.5) is 5.69 Å². The average Bonchev–Trinajstić information content (AvgIpc) is 2.54. The van der Waals surface area contributed by atoms with Gasteiger partial charge in [-0.1, -0.05) is 39.7 Å². The van der Waals surface area contributed by atoms with Crippen LogP contribution in [0.15, 0.2) is 46.9 Å². The number of halogens is 2. The third-order valence-electron chi connectivity index (χ3n) is 3.30. The maximum absolute atomic E-state index is 12.3. The lowest BCUT2D eigenvalue weighted by atomic mass is 10.1. The average molecular weight is 425 g/mol. The van der Waals surface area contributed by atoms with Crippen molar-refractivity contribution in [2.75, 3.05) is 26.0 Å². The number of benzene rings is 2. The molecule has 0 aliphatic heterocycles. The van der Waals surface area contributed by atoms with Gasteiger partial charge in [0.25, 0.3) is 5.91 Å². The molecule has 0 saturated heterocycles. The number of rotatable bonds is 6. The largest absolute Gasteiger partial charge is 0.348 e. The summed E-state index contributed by atoms with van der Waals surface area (Å²) in [6, 6.07) is 12.5. The molecule has 0 radical (unpaired) electrons. The van der Waals surface area contributed by atoms with Gasteiger partial charge in [0, 0.05) is 16.7 Å². The lowest BCUT2D eigenvalue weighted by Gasteiger charge is -2.11. The van der Waals surface area contributed by atoms with E-state index in [1.807, 2.05) is 38.4 Å². The quantitative estimate of drug-likeness (QED) is 0.746. The Balaban J connectivity index is 1.99. The van der Waals surface area contributed by atoms with Crippen molar-refractivity contribution in [2.24, 2.45) is 0 Å². The predicted octanol–water partition coefficient (Wildman–Crippen LogP) is 3.53. The van der Waals surface area contributed by atoms with Gasteiger partial charge in [0.2, 0.25) is 5.91 Å². The molecular formula is C18H19BrClN3O2. The van der Waals surface area contributed by atoms with Crippen LogP contribution in [0.5, 0.6) is 0 Å². The molecule has 0 saturated carbocycles. The van der Waals surface area contributed by atoms with Crippen LogP contribution >= 0.6 is 27.5 Å². The van der Waals surface area contributed by atoms with E-state index in [1.165, 1.54) is 0 Å². The molecule has 7 heteroatoms. The predicted molar refractivity (Wildman–Crippen MR) is 104 cm³/mol. The van der Waals surface area contributed by atoms with Crippen LogP contribution in [0.2, 0.25) is 5.02 Å². The molecule has 0 unspecified atom stereocenters. The molecule has 0 heterocycles. The maximum Gasteiger partial charge on any atom is 0.253 e. The Morgan fingerprint density at radius 2 is 1.92 bits per heavy atom. The summed E-state index contributed by atoms with van der Waals surface area (Å²) in [7, 11) is 3.66. The second-order valence-electron chi connectivity index (χ2n) is 5.79. The molecule has 2 N–H and O–H groups in total. The van der Waals surface area contributed by atoms with E-state index in [0.717, 1.165) is 10.0 Å². The van der Waals surface area contributed by atoms with Crippen LogP contribution in [-0.2, 0) is 11.3 Å². The Morgan fingerprint density at radius 1 is 1.16 bits per heavy atom. The van der Waals surface area contributed by atoms with E-state index in [-0.39, 0.29) is 11.8 Å². The molecule has 0 bridgehead atoms. The van der Waals surface area contributed by atoms with Crippen LogP contribution in [-0.4, -0.2) is 37.4 Å². The topological polar surface area (TPSA) is 61.4 Å². The monoisotopic (exact) mass is 423 g/mol. The minimum absolute atomic E-state index is 0.0906. The fourth-order valence-corrected chi connectivity index (χ4v) is 2.76. The molecule has 0 fully saturated rings. The van der Waals surface area contributed by atoms with Gasteiger partial charge < -0.3 is 15.5 Å². The lowest BCUT2D eigenvalue weighted by Crippen LogP contribution is -2.27. The molecule has 2 aromatic carbocycles. The normalized spacial score (nSPS) is 10.6. The number of nitrogens with one attached hydrogen (secondary N) is 2. The summed E-state index contributed by atoms with van der Waals surface area (Å²) in [4.78, 5) is 25.9. The van der Waals surface area contributed by atoms with Crippen molar-refractivity contribution in [3.63, 3.8) is 0 Å². The highest BCUT2D eigenvalue weighted by atomic mass is 79.9. The highest BCUT2D eigenvalue weighted by Gasteiger charge is 2.11. The molecule has 2 rings (SSSR count). The molecule has 0 aliphatic carbocycles. The Kier molecular flexibility index (Phi) is 6.99. The fraction of sp³-hybridized carbons (Fsp3) is 0.222. The zero-order valence-electron chi connectivity index (χ0n) is 14.0. The number of carbonyl (C=O) groups is 2. The van der Waals surface area contributed by atoms with E-state index in [9.17, 15) is 9.59 Å². The third kappa shape index (κ3) is 6.16. The first kappa shape index (κ1) is 19.4. The van der Waals surface area contributed by atoms with Gasteiger partial charge in [-0.3, -0.25) is 9.59 Å². The van der Waals surface area contributed by atoms with E-state index < -0.39 is 0 Å². The molecule has 0 aromatic heterocycles. The minimum atomic E-state index is -0.256. The molecule has 0 aliphatic rings. The first-order chi connectivity index (χ1) is 11.8. The van der Waals surface area contributed by atoms with Crippen molar-refractivity contribution in [3.05, 3.63) is 63.1 Å². The summed E-state index contributed by atoms with van der Waals surface area (Å²) in [5.74, 6) is -0.347. The van der Waals surface area contributed by atoms with Crippen molar-refractivity contribution in [1.82, 2.24) is 10.2 Å². The lowest BCUT2D eigenvalue weighted by molar-refractivity contribution is -0.116. The third-order valence-corrected chi connectivity index (χ3v) is 4.12. The molecule has 0 spiro atoms. The molecule has 5 nitrogen and oxygen atoms in total. The Morgan fingerprint density at radius 3 is 2.64 bits per heavy atom. The van der Waals surface area contributed by atoms with Crippen LogP contribution in [0.25, 0.3) is 0 Å². The number of likely N-dealkylation sites (N-methyl/N-ethyl adjacent to an activating group) is 1. The van der Waals surface area contributed by atoms with Crippen LogP contribution < -0.4 is 10.6 Å². The van der Waals surface area contributed by atoms with Crippen LogP contribution in [0.3, 0.4) is 0 Å². The SMILES string of the molecule is CN(C)CC(=O)Nc1cccc(CNC(=O)c2cc(Br)ccc2Cl)c1. The van der Waals surface area contributed by atoms with Gasteiger partial charge in [0.05, 0.1) is 17.1 Å². The maximum atomic E-state index is 12.3. The fourth-order valence-electron chi connectivity index (χ4n) is 2.20. The Hall–Kier alpha value is -1.89. The van der Waals surface area contributed by atoms with Crippen molar-refractivity contribution < 1.29 is 9.59 Å². The highest BCUT2D eigenvalue weighted by Crippen LogP contribution is 2.21. The van der Waals surface area contributed by atoms with Gasteiger partial charge in [-0.2, -0.15) is 0 Å². The van der Waals surface area contributed by atoms with Gasteiger partial charge in [-0.25, -0.2) is 0 Å². The molecule has 0 atom stereocenters. The highest BCUT2D eigenvalue weighted by molar-refractivity contribution is 9.10. The molecule has 132 valence electrons. The number of hydrogen-bond donors (Lipinski definition) is 2. The van der Waals surface area contributed by atoms with E-state index in [1.54, 1.807) is 23.1 Å². The van der Waals surface area contributed by atoms with Gasteiger partial charge in [-0.15, -0.1) is 0 Å². The molecule has 2 amide bonds. The van der Waals surface area contributed by atoms with E-state index >= 15 is 0 Å². The van der Waals surface area contributed by atoms with E-state index in [4.69, 9.17) is 11.6 Å². The van der Waals surface area contributed by atoms with Gasteiger partial charge >= 0.3 is 0 Å². The second kappa shape index (κ2) is 8.99. The molecule has 2 aromatic rings. The van der Waals surface area contributed by atoms with Gasteiger partial charge in [0.1, 0.15) is 0 Å². The number of amides is 2. The standard InChI is InChI=1S/C18H19BrClN3O2/c1-23(2)11-17(24)22-14-5-3-4-12(8-14)10-21-18(25)15-9-13(19)6-7-16(15)20/h3-9H,10-11H2,1-2H3,(H,21,25)(H,22,24). The smallest absolute Gasteiger partial charge is 0.253 e. The van der Waals surface area contributed by atoms with Crippen molar-refractivity contribution >= 4 is 45.0 Å². The van der Waals surface area contributed by atoms with Gasteiger partial charge in [0.15, 0.2) is 0 Å². The first-order valence-electron chi connectivity index (χ1n) is 7.62. The summed E-state index contributed by atoms with van der Waals surface area (Å²) in [5.41, 5.74) is 1.98. The number of nitrogens with zero attached hydrogens (tertiary/aromatic N) is 1. The molecule has 25 heavy (non-hydrogen) atoms. The van der Waals surface area contributed by atoms with E-state index in [0.29, 0.717) is 29.4 Å². The summed E-state index contributed by atoms with van der Waals surface area (Å²) in [6.07, 6.45) is 0. The summed E-state index contributed by atoms with van der Waals surface area (Å²) >= 11 is 9.39. The number of carbonyl (C=O) groups excluding carboxylic acids is 2.